The highest BCUT2D eigenvalue weighted by atomic mass is 79.9. The number of benzene rings is 1. The van der Waals surface area contributed by atoms with Crippen LogP contribution in [0.25, 0.3) is 10.9 Å². The number of hydrogen-bond donors (Lipinski definition) is 1. The van der Waals surface area contributed by atoms with E-state index >= 15 is 0 Å². The summed E-state index contributed by atoms with van der Waals surface area (Å²) in [5.41, 5.74) is 2.76. The third-order valence-electron chi connectivity index (χ3n) is 6.32. The second-order valence-electron chi connectivity index (χ2n) is 7.71. The molecule has 1 aromatic heterocycles. The van der Waals surface area contributed by atoms with Gasteiger partial charge in [0.1, 0.15) is 5.82 Å². The number of nitrogens with one attached hydrogen (secondary N) is 1. The molecule has 0 radical (unpaired) electrons. The third-order valence-corrected chi connectivity index (χ3v) is 6.94. The van der Waals surface area contributed by atoms with Crippen molar-refractivity contribution in [1.29, 1.82) is 0 Å². The molecule has 1 heterocycles. The Morgan fingerprint density at radius 3 is 2.29 bits per heavy atom. The summed E-state index contributed by atoms with van der Waals surface area (Å²) in [5.74, 6) is 2.61. The highest BCUT2D eigenvalue weighted by Crippen LogP contribution is 2.61. The van der Waals surface area contributed by atoms with Crippen molar-refractivity contribution >= 4 is 26.8 Å². The summed E-state index contributed by atoms with van der Waals surface area (Å²) in [5, 5.41) is 1.10. The van der Waals surface area contributed by atoms with Gasteiger partial charge in [0.2, 0.25) is 0 Å². The standard InChI is InChI=1S/C18H19BrFN/c19-16-5-13(20)4-14-15(9-21-17(14)16)18-6-10-1-11(7-18)3-12(2-10)8-18/h4-5,9-12,21H,1-3,6-8H2. The predicted octanol–water partition coefficient (Wildman–Crippen LogP) is 5.54. The van der Waals surface area contributed by atoms with Crippen LogP contribution in [0.4, 0.5) is 4.39 Å². The van der Waals surface area contributed by atoms with Crippen LogP contribution in [0, 0.1) is 23.6 Å². The van der Waals surface area contributed by atoms with Crippen molar-refractivity contribution < 1.29 is 4.39 Å². The first-order valence-corrected chi connectivity index (χ1v) is 8.89. The third kappa shape index (κ3) is 1.73. The van der Waals surface area contributed by atoms with Crippen LogP contribution in [-0.4, -0.2) is 4.98 Å². The number of rotatable bonds is 1. The van der Waals surface area contributed by atoms with E-state index in [2.05, 4.69) is 27.1 Å². The van der Waals surface area contributed by atoms with Crippen molar-refractivity contribution in [1.82, 2.24) is 4.98 Å². The van der Waals surface area contributed by atoms with E-state index in [1.54, 1.807) is 12.1 Å². The van der Waals surface area contributed by atoms with Gasteiger partial charge >= 0.3 is 0 Å². The van der Waals surface area contributed by atoms with E-state index in [9.17, 15) is 4.39 Å². The summed E-state index contributed by atoms with van der Waals surface area (Å²) >= 11 is 3.50. The van der Waals surface area contributed by atoms with E-state index in [0.29, 0.717) is 5.41 Å². The molecule has 4 saturated carbocycles. The zero-order valence-corrected chi connectivity index (χ0v) is 13.5. The topological polar surface area (TPSA) is 15.8 Å². The Morgan fingerprint density at radius 1 is 1.05 bits per heavy atom. The molecule has 1 aromatic carbocycles. The maximum absolute atomic E-state index is 13.9. The van der Waals surface area contributed by atoms with Crippen molar-refractivity contribution in [3.63, 3.8) is 0 Å². The van der Waals surface area contributed by atoms with Gasteiger partial charge in [-0.15, -0.1) is 0 Å². The van der Waals surface area contributed by atoms with E-state index in [4.69, 9.17) is 0 Å². The minimum Gasteiger partial charge on any atom is -0.360 e. The first-order chi connectivity index (χ1) is 10.1. The van der Waals surface area contributed by atoms with Crippen molar-refractivity contribution in [3.8, 4) is 0 Å². The van der Waals surface area contributed by atoms with Gasteiger partial charge in [-0.25, -0.2) is 4.39 Å². The van der Waals surface area contributed by atoms with Crippen LogP contribution < -0.4 is 0 Å². The Morgan fingerprint density at radius 2 is 1.67 bits per heavy atom. The second-order valence-corrected chi connectivity index (χ2v) is 8.56. The van der Waals surface area contributed by atoms with E-state index in [1.165, 1.54) is 44.1 Å². The van der Waals surface area contributed by atoms with Gasteiger partial charge in [-0.05, 0) is 95.3 Å². The molecule has 0 spiro atoms. The lowest BCUT2D eigenvalue weighted by Gasteiger charge is -2.57. The van der Waals surface area contributed by atoms with E-state index in [0.717, 1.165) is 33.1 Å². The summed E-state index contributed by atoms with van der Waals surface area (Å²) in [6, 6.07) is 3.28. The first kappa shape index (κ1) is 12.7. The van der Waals surface area contributed by atoms with Crippen molar-refractivity contribution in [2.24, 2.45) is 17.8 Å². The Balaban J connectivity index is 1.71. The van der Waals surface area contributed by atoms with Gasteiger partial charge in [0.15, 0.2) is 0 Å². The normalized spacial score (nSPS) is 37.5. The molecule has 21 heavy (non-hydrogen) atoms. The van der Waals surface area contributed by atoms with Gasteiger partial charge in [0.25, 0.3) is 0 Å². The lowest BCUT2D eigenvalue weighted by Crippen LogP contribution is -2.48. The predicted molar refractivity (Wildman–Crippen MR) is 85.8 cm³/mol. The zero-order chi connectivity index (χ0) is 14.2. The van der Waals surface area contributed by atoms with Crippen molar-refractivity contribution in [3.05, 3.63) is 34.2 Å². The molecule has 110 valence electrons. The molecule has 3 heteroatoms. The fourth-order valence-corrected chi connectivity index (χ4v) is 6.58. The number of fused-ring (bicyclic) bond motifs is 1. The van der Waals surface area contributed by atoms with Crippen LogP contribution in [0.5, 0.6) is 0 Å². The number of hydrogen-bond acceptors (Lipinski definition) is 0. The van der Waals surface area contributed by atoms with Gasteiger partial charge in [-0.3, -0.25) is 0 Å². The molecule has 0 amide bonds. The maximum Gasteiger partial charge on any atom is 0.125 e. The molecular weight excluding hydrogens is 329 g/mol. The Labute approximate surface area is 132 Å². The second kappa shape index (κ2) is 4.13. The number of H-pyrrole nitrogens is 1. The van der Waals surface area contributed by atoms with Crippen molar-refractivity contribution in [2.75, 3.05) is 0 Å². The largest absolute Gasteiger partial charge is 0.360 e. The van der Waals surface area contributed by atoms with E-state index < -0.39 is 0 Å². The summed E-state index contributed by atoms with van der Waals surface area (Å²) < 4.78 is 14.7. The number of aromatic amines is 1. The highest BCUT2D eigenvalue weighted by Gasteiger charge is 2.52. The Bertz CT molecular complexity index is 697. The number of aromatic nitrogens is 1. The van der Waals surface area contributed by atoms with Crippen LogP contribution in [-0.2, 0) is 5.41 Å². The molecular formula is C18H19BrFN. The quantitative estimate of drug-likeness (QED) is 0.697. The average molecular weight is 348 g/mol. The monoisotopic (exact) mass is 347 g/mol. The summed E-state index contributed by atoms with van der Waals surface area (Å²) in [4.78, 5) is 3.40. The van der Waals surface area contributed by atoms with Crippen LogP contribution >= 0.6 is 15.9 Å². The molecule has 4 fully saturated rings. The molecule has 0 aliphatic heterocycles. The van der Waals surface area contributed by atoms with Gasteiger partial charge in [0, 0.05) is 16.1 Å². The molecule has 0 saturated heterocycles. The van der Waals surface area contributed by atoms with Gasteiger partial charge < -0.3 is 4.98 Å². The molecule has 0 unspecified atom stereocenters. The molecule has 1 nitrogen and oxygen atoms in total. The molecule has 4 bridgehead atoms. The molecule has 2 aromatic rings. The molecule has 6 rings (SSSR count). The van der Waals surface area contributed by atoms with Crippen LogP contribution in [0.2, 0.25) is 0 Å². The smallest absolute Gasteiger partial charge is 0.125 e. The molecule has 0 atom stereocenters. The maximum atomic E-state index is 13.9. The van der Waals surface area contributed by atoms with Gasteiger partial charge in [0.05, 0.1) is 5.52 Å². The van der Waals surface area contributed by atoms with Crippen LogP contribution in [0.15, 0.2) is 22.8 Å². The Hall–Kier alpha value is -0.830. The molecule has 4 aliphatic rings. The first-order valence-electron chi connectivity index (χ1n) is 8.09. The number of halogens is 2. The fraction of sp³-hybridized carbons (Fsp3) is 0.556. The van der Waals surface area contributed by atoms with Gasteiger partial charge in [-0.2, -0.15) is 0 Å². The fourth-order valence-electron chi connectivity index (χ4n) is 6.03. The van der Waals surface area contributed by atoms with Crippen LogP contribution in [0.3, 0.4) is 0 Å². The summed E-state index contributed by atoms with van der Waals surface area (Å²) in [6.07, 6.45) is 10.5. The summed E-state index contributed by atoms with van der Waals surface area (Å²) in [6.45, 7) is 0. The average Bonchev–Trinajstić information content (AvgIpc) is 2.81. The van der Waals surface area contributed by atoms with Crippen LogP contribution in [0.1, 0.15) is 44.1 Å². The van der Waals surface area contributed by atoms with E-state index in [1.807, 2.05) is 0 Å². The van der Waals surface area contributed by atoms with Gasteiger partial charge in [-0.1, -0.05) is 0 Å². The molecule has 4 aliphatic carbocycles. The lowest BCUT2D eigenvalue weighted by atomic mass is 9.48. The SMILES string of the molecule is Fc1cc(Br)c2[nH]cc(C34CC5CC(CC(C5)C3)C4)c2c1. The minimum atomic E-state index is -0.139. The zero-order valence-electron chi connectivity index (χ0n) is 12.0. The van der Waals surface area contributed by atoms with Crippen molar-refractivity contribution in [2.45, 2.75) is 43.9 Å². The lowest BCUT2D eigenvalue weighted by molar-refractivity contribution is -0.00449. The molecule has 1 N–H and O–H groups in total. The van der Waals surface area contributed by atoms with E-state index in [-0.39, 0.29) is 5.82 Å². The summed E-state index contributed by atoms with van der Waals surface area (Å²) in [7, 11) is 0. The Kier molecular flexibility index (Phi) is 2.49. The highest BCUT2D eigenvalue weighted by molar-refractivity contribution is 9.10. The minimum absolute atomic E-state index is 0.139.